The minimum Gasteiger partial charge on any atom is -0.461 e. The van der Waals surface area contributed by atoms with E-state index in [1.165, 1.54) is 23.5 Å². The number of carbonyl (C=O) groups excluding carboxylic acids is 2. The fourth-order valence-electron chi connectivity index (χ4n) is 3.75. The van der Waals surface area contributed by atoms with Crippen molar-refractivity contribution >= 4 is 69.5 Å². The SMILES string of the molecule is CCOC(=O)C1=NN(c2ccc(Cl)cc2)[C@]2(S1)S/C(=C\c1ccccc1)C(=O)N2c1ccccc1. The van der Waals surface area contributed by atoms with Crippen LogP contribution in [0.4, 0.5) is 11.4 Å². The smallest absolute Gasteiger partial charge is 0.365 e. The summed E-state index contributed by atoms with van der Waals surface area (Å²) in [7, 11) is 0. The van der Waals surface area contributed by atoms with E-state index in [1.54, 1.807) is 29.0 Å². The Morgan fingerprint density at radius 1 is 0.971 bits per heavy atom. The standard InChI is InChI=1S/C26H20ClN3O3S2/c1-2-33-25(32)23-28-30(21-15-13-19(27)14-16-21)26(35-23)29(20-11-7-4-8-12-20)24(31)22(34-26)17-18-9-5-3-6-10-18/h3-17H,2H2,1H3/b22-17-/t26-/m0/s1. The number of hydrogen-bond acceptors (Lipinski definition) is 7. The van der Waals surface area contributed by atoms with Crippen LogP contribution in [0.5, 0.6) is 0 Å². The second-order valence-corrected chi connectivity index (χ2v) is 10.6. The summed E-state index contributed by atoms with van der Waals surface area (Å²) in [5, 5.41) is 7.09. The Hall–Kier alpha value is -3.20. The fourth-order valence-corrected chi connectivity index (χ4v) is 6.75. The van der Waals surface area contributed by atoms with Gasteiger partial charge >= 0.3 is 5.97 Å². The van der Waals surface area contributed by atoms with Gasteiger partial charge in [0.25, 0.3) is 5.91 Å². The minimum atomic E-state index is -1.12. The summed E-state index contributed by atoms with van der Waals surface area (Å²) in [4.78, 5) is 28.9. The number of hydrogen-bond donors (Lipinski definition) is 0. The number of nitrogens with zero attached hydrogens (tertiary/aromatic N) is 3. The molecule has 1 atom stereocenters. The maximum absolute atomic E-state index is 13.9. The molecule has 0 aromatic heterocycles. The molecule has 2 heterocycles. The molecular formula is C26H20ClN3O3S2. The molecule has 2 aliphatic heterocycles. The molecule has 1 amide bonds. The molecule has 0 aliphatic carbocycles. The number of hydrazone groups is 1. The molecule has 5 rings (SSSR count). The van der Waals surface area contributed by atoms with Crippen LogP contribution in [-0.2, 0) is 14.3 Å². The number of benzene rings is 3. The van der Waals surface area contributed by atoms with Gasteiger partial charge in [-0.05, 0) is 66.7 Å². The molecule has 2 aliphatic rings. The van der Waals surface area contributed by atoms with Crippen molar-refractivity contribution in [3.05, 3.63) is 100 Å². The van der Waals surface area contributed by atoms with E-state index < -0.39 is 10.3 Å². The maximum atomic E-state index is 13.9. The van der Waals surface area contributed by atoms with Crippen molar-refractivity contribution in [2.24, 2.45) is 5.10 Å². The first-order valence-electron chi connectivity index (χ1n) is 10.9. The molecule has 0 unspecified atom stereocenters. The van der Waals surface area contributed by atoms with Crippen LogP contribution in [0.3, 0.4) is 0 Å². The molecule has 3 aromatic rings. The summed E-state index contributed by atoms with van der Waals surface area (Å²) < 4.78 is 4.14. The summed E-state index contributed by atoms with van der Waals surface area (Å²) in [5.74, 6) is -0.716. The lowest BCUT2D eigenvalue weighted by molar-refractivity contribution is -0.134. The summed E-state index contributed by atoms with van der Waals surface area (Å²) in [5.41, 5.74) is 2.28. The van der Waals surface area contributed by atoms with Crippen LogP contribution in [0.1, 0.15) is 12.5 Å². The highest BCUT2D eigenvalue weighted by Crippen LogP contribution is 2.59. The van der Waals surface area contributed by atoms with Crippen molar-refractivity contribution in [3.8, 4) is 0 Å². The van der Waals surface area contributed by atoms with E-state index in [4.69, 9.17) is 16.3 Å². The Kier molecular flexibility index (Phi) is 6.60. The monoisotopic (exact) mass is 521 g/mol. The van der Waals surface area contributed by atoms with Crippen LogP contribution in [0.2, 0.25) is 5.02 Å². The lowest BCUT2D eigenvalue weighted by Gasteiger charge is -2.38. The zero-order valence-electron chi connectivity index (χ0n) is 18.6. The number of anilines is 2. The number of amides is 1. The Morgan fingerprint density at radius 2 is 1.63 bits per heavy atom. The molecule has 0 bridgehead atoms. The Labute approximate surface area is 216 Å². The molecule has 3 aromatic carbocycles. The highest BCUT2D eigenvalue weighted by molar-refractivity contribution is 8.29. The Bertz CT molecular complexity index is 1320. The molecule has 176 valence electrons. The van der Waals surface area contributed by atoms with Crippen molar-refractivity contribution in [3.63, 3.8) is 0 Å². The topological polar surface area (TPSA) is 62.2 Å². The number of halogens is 1. The highest BCUT2D eigenvalue weighted by Gasteiger charge is 2.60. The van der Waals surface area contributed by atoms with Crippen LogP contribution >= 0.6 is 35.1 Å². The summed E-state index contributed by atoms with van der Waals surface area (Å²) in [6, 6.07) is 26.2. The minimum absolute atomic E-state index is 0.170. The molecule has 6 nitrogen and oxygen atoms in total. The van der Waals surface area contributed by atoms with E-state index in [9.17, 15) is 9.59 Å². The van der Waals surface area contributed by atoms with Gasteiger partial charge in [-0.25, -0.2) is 9.80 Å². The third-order valence-electron chi connectivity index (χ3n) is 5.26. The lowest BCUT2D eigenvalue weighted by atomic mass is 10.2. The normalized spacial score (nSPS) is 20.6. The molecule has 0 saturated carbocycles. The van der Waals surface area contributed by atoms with Crippen LogP contribution in [0.15, 0.2) is 94.9 Å². The van der Waals surface area contributed by atoms with Gasteiger partial charge in [-0.2, -0.15) is 5.10 Å². The van der Waals surface area contributed by atoms with Gasteiger partial charge in [-0.3, -0.25) is 9.69 Å². The number of rotatable bonds is 5. The molecular weight excluding hydrogens is 502 g/mol. The lowest BCUT2D eigenvalue weighted by Crippen LogP contribution is -2.51. The van der Waals surface area contributed by atoms with Gasteiger partial charge in [0.2, 0.25) is 9.37 Å². The third-order valence-corrected chi connectivity index (χ3v) is 8.21. The number of esters is 1. The molecule has 1 spiro atoms. The first-order valence-corrected chi connectivity index (χ1v) is 12.9. The van der Waals surface area contributed by atoms with E-state index in [0.717, 1.165) is 5.56 Å². The van der Waals surface area contributed by atoms with E-state index in [1.807, 2.05) is 78.9 Å². The molecule has 1 fully saturated rings. The van der Waals surface area contributed by atoms with E-state index in [0.29, 0.717) is 21.3 Å². The largest absolute Gasteiger partial charge is 0.461 e. The van der Waals surface area contributed by atoms with Gasteiger partial charge < -0.3 is 4.74 Å². The Morgan fingerprint density at radius 3 is 2.29 bits per heavy atom. The second kappa shape index (κ2) is 9.81. The van der Waals surface area contributed by atoms with Crippen molar-refractivity contribution in [1.82, 2.24) is 0 Å². The van der Waals surface area contributed by atoms with Gasteiger partial charge in [0, 0.05) is 10.7 Å². The van der Waals surface area contributed by atoms with Gasteiger partial charge in [-0.15, -0.1) is 0 Å². The summed E-state index contributed by atoms with van der Waals surface area (Å²) >= 11 is 8.67. The van der Waals surface area contributed by atoms with Crippen molar-refractivity contribution < 1.29 is 14.3 Å². The van der Waals surface area contributed by atoms with Crippen LogP contribution in [-0.4, -0.2) is 27.9 Å². The molecule has 35 heavy (non-hydrogen) atoms. The Balaban J connectivity index is 1.67. The molecule has 0 radical (unpaired) electrons. The molecule has 0 N–H and O–H groups in total. The van der Waals surface area contributed by atoms with Crippen molar-refractivity contribution in [2.45, 2.75) is 11.3 Å². The highest BCUT2D eigenvalue weighted by atomic mass is 35.5. The predicted molar refractivity (Wildman–Crippen MR) is 144 cm³/mol. The van der Waals surface area contributed by atoms with E-state index >= 15 is 0 Å². The maximum Gasteiger partial charge on any atom is 0.365 e. The molecule has 1 saturated heterocycles. The average molecular weight is 522 g/mol. The zero-order valence-corrected chi connectivity index (χ0v) is 21.0. The van der Waals surface area contributed by atoms with Crippen molar-refractivity contribution in [1.29, 1.82) is 0 Å². The van der Waals surface area contributed by atoms with Crippen LogP contribution < -0.4 is 9.91 Å². The zero-order chi connectivity index (χ0) is 24.4. The van der Waals surface area contributed by atoms with E-state index in [-0.39, 0.29) is 17.6 Å². The van der Waals surface area contributed by atoms with E-state index in [2.05, 4.69) is 5.10 Å². The molecule has 9 heteroatoms. The van der Waals surface area contributed by atoms with Gasteiger partial charge in [0.1, 0.15) is 0 Å². The number of thioether (sulfide) groups is 2. The predicted octanol–water partition coefficient (Wildman–Crippen LogP) is 6.20. The third kappa shape index (κ3) is 4.45. The van der Waals surface area contributed by atoms with Crippen molar-refractivity contribution in [2.75, 3.05) is 16.5 Å². The average Bonchev–Trinajstić information content (AvgIpc) is 3.38. The number of para-hydroxylation sites is 1. The van der Waals surface area contributed by atoms with Gasteiger partial charge in [-0.1, -0.05) is 71.9 Å². The summed E-state index contributed by atoms with van der Waals surface area (Å²) in [6.45, 7) is 1.97. The first-order chi connectivity index (χ1) is 17.0. The van der Waals surface area contributed by atoms with Crippen LogP contribution in [0.25, 0.3) is 6.08 Å². The second-order valence-electron chi connectivity index (χ2n) is 7.56. The van der Waals surface area contributed by atoms with Gasteiger partial charge in [0.05, 0.1) is 17.2 Å². The quantitative estimate of drug-likeness (QED) is 0.294. The fraction of sp³-hybridized carbons (Fsp3) is 0.115. The summed E-state index contributed by atoms with van der Waals surface area (Å²) in [6.07, 6.45) is 1.86. The first kappa shape index (κ1) is 23.5. The van der Waals surface area contributed by atoms with Crippen LogP contribution in [0, 0.1) is 0 Å². The number of ether oxygens (including phenoxy) is 1. The number of carbonyl (C=O) groups is 2. The van der Waals surface area contributed by atoms with Gasteiger partial charge in [0.15, 0.2) is 0 Å².